The molecule has 6 heteroatoms. The lowest BCUT2D eigenvalue weighted by molar-refractivity contribution is 0.121. The molecule has 4 heterocycles. The van der Waals surface area contributed by atoms with E-state index < -0.39 is 16.6 Å². The number of aryl methyl sites for hydroxylation is 1. The van der Waals surface area contributed by atoms with E-state index in [0.29, 0.717) is 24.3 Å². The second-order valence-corrected chi connectivity index (χ2v) is 11.8. The molecule has 0 saturated heterocycles. The maximum absolute atomic E-state index is 16.2. The van der Waals surface area contributed by atoms with E-state index in [1.165, 1.54) is 11.6 Å². The van der Waals surface area contributed by atoms with Crippen LogP contribution in [-0.2, 0) is 36.1 Å². The van der Waals surface area contributed by atoms with Gasteiger partial charge in [0.25, 0.3) is 0 Å². The molecule has 1 N–H and O–H groups in total. The van der Waals surface area contributed by atoms with Crippen LogP contribution in [0.2, 0.25) is 0 Å². The molecule has 0 bridgehead atoms. The van der Waals surface area contributed by atoms with Crippen LogP contribution in [-0.4, -0.2) is 19.7 Å². The number of allylic oxidation sites excluding steroid dienone is 2. The lowest BCUT2D eigenvalue weighted by Crippen LogP contribution is -2.41. The number of para-hydroxylation sites is 1. The number of hydrogen-bond donors (Lipinski definition) is 1. The molecular weight excluding hydrogens is 478 g/mol. The summed E-state index contributed by atoms with van der Waals surface area (Å²) < 4.78 is 33.0. The highest BCUT2D eigenvalue weighted by atomic mass is 19.1. The first-order valence-electron chi connectivity index (χ1n) is 13.4. The SMILES string of the molecule is CCc1cccc2c1-n1nc3c(c1C1(C)C2=CC(C)(F)c2[nH]ccc21)CN(Cc1ccccc1F)C3(C)C. The van der Waals surface area contributed by atoms with E-state index in [1.54, 1.807) is 13.0 Å². The van der Waals surface area contributed by atoms with Crippen molar-refractivity contribution in [3.63, 3.8) is 0 Å². The molecular formula is C32H32F2N4. The molecule has 4 aromatic rings. The number of rotatable bonds is 3. The van der Waals surface area contributed by atoms with Crippen molar-refractivity contribution in [1.82, 2.24) is 19.7 Å². The third kappa shape index (κ3) is 2.84. The minimum Gasteiger partial charge on any atom is -0.362 e. The zero-order valence-electron chi connectivity index (χ0n) is 22.5. The van der Waals surface area contributed by atoms with Gasteiger partial charge in [-0.25, -0.2) is 13.5 Å². The number of aromatic nitrogens is 3. The van der Waals surface area contributed by atoms with Crippen molar-refractivity contribution in [1.29, 1.82) is 0 Å². The highest BCUT2D eigenvalue weighted by Gasteiger charge is 2.54. The van der Waals surface area contributed by atoms with Crippen LogP contribution in [0.25, 0.3) is 11.3 Å². The molecule has 1 aliphatic carbocycles. The lowest BCUT2D eigenvalue weighted by Gasteiger charge is -2.44. The predicted molar refractivity (Wildman–Crippen MR) is 145 cm³/mol. The molecule has 0 saturated carbocycles. The van der Waals surface area contributed by atoms with Crippen LogP contribution in [0.1, 0.15) is 79.5 Å². The minimum atomic E-state index is -1.62. The maximum atomic E-state index is 16.2. The number of nitrogens with zero attached hydrogens (tertiary/aromatic N) is 3. The standard InChI is InChI=1S/C32H32F2N4/c1-6-19-11-9-12-21-24-16-31(4,34)28-23(14-15-35-28)32(24,5)29-22-18-37(17-20-10-7-8-13-25(20)33)30(2,3)27(22)36-38(29)26(19)21/h7-16,35H,6,17-18H2,1-5H3. The van der Waals surface area contributed by atoms with Crippen LogP contribution in [0.5, 0.6) is 0 Å². The van der Waals surface area contributed by atoms with Crippen LogP contribution in [0, 0.1) is 5.82 Å². The number of halogens is 2. The molecule has 0 spiro atoms. The fourth-order valence-corrected chi connectivity index (χ4v) is 7.16. The molecule has 2 aromatic heterocycles. The predicted octanol–water partition coefficient (Wildman–Crippen LogP) is 7.05. The Morgan fingerprint density at radius 1 is 1.00 bits per heavy atom. The van der Waals surface area contributed by atoms with Crippen LogP contribution >= 0.6 is 0 Å². The summed E-state index contributed by atoms with van der Waals surface area (Å²) in [6, 6.07) is 15.3. The fourth-order valence-electron chi connectivity index (χ4n) is 7.16. The Balaban J connectivity index is 1.50. The summed E-state index contributed by atoms with van der Waals surface area (Å²) in [6.07, 6.45) is 4.50. The molecule has 2 aromatic carbocycles. The molecule has 38 heavy (non-hydrogen) atoms. The van der Waals surface area contributed by atoms with Crippen LogP contribution in [0.4, 0.5) is 8.78 Å². The number of alkyl halides is 1. The summed E-state index contributed by atoms with van der Waals surface area (Å²) in [5.74, 6) is -0.190. The third-order valence-electron chi connectivity index (χ3n) is 9.23. The van der Waals surface area contributed by atoms with E-state index in [2.05, 4.69) is 60.5 Å². The molecule has 3 aliphatic rings. The minimum absolute atomic E-state index is 0.190. The number of hydrogen-bond acceptors (Lipinski definition) is 2. The Morgan fingerprint density at radius 2 is 1.76 bits per heavy atom. The van der Waals surface area contributed by atoms with Crippen LogP contribution in [0.15, 0.2) is 60.8 Å². The third-order valence-corrected chi connectivity index (χ3v) is 9.23. The summed E-state index contributed by atoms with van der Waals surface area (Å²) in [7, 11) is 0. The number of nitrogens with one attached hydrogen (secondary N) is 1. The summed E-state index contributed by atoms with van der Waals surface area (Å²) in [5.41, 5.74) is 7.13. The van der Waals surface area contributed by atoms with Gasteiger partial charge in [-0.2, -0.15) is 5.10 Å². The van der Waals surface area contributed by atoms with Gasteiger partial charge in [0, 0.05) is 36.0 Å². The van der Waals surface area contributed by atoms with Crippen molar-refractivity contribution in [2.24, 2.45) is 0 Å². The largest absolute Gasteiger partial charge is 0.362 e. The van der Waals surface area contributed by atoms with E-state index in [1.807, 2.05) is 30.5 Å². The van der Waals surface area contributed by atoms with E-state index in [4.69, 9.17) is 5.10 Å². The highest BCUT2D eigenvalue weighted by molar-refractivity contribution is 5.89. The van der Waals surface area contributed by atoms with Crippen molar-refractivity contribution in [3.8, 4) is 5.69 Å². The van der Waals surface area contributed by atoms with Gasteiger partial charge in [-0.05, 0) is 69.0 Å². The second kappa shape index (κ2) is 7.54. The lowest BCUT2D eigenvalue weighted by atomic mass is 9.62. The van der Waals surface area contributed by atoms with Gasteiger partial charge in [0.15, 0.2) is 5.67 Å². The Labute approximate surface area is 222 Å². The first-order valence-corrected chi connectivity index (χ1v) is 13.4. The van der Waals surface area contributed by atoms with E-state index in [9.17, 15) is 4.39 Å². The zero-order chi connectivity index (χ0) is 26.6. The molecule has 4 nitrogen and oxygen atoms in total. The molecule has 2 aliphatic heterocycles. The topological polar surface area (TPSA) is 36.9 Å². The van der Waals surface area contributed by atoms with E-state index in [0.717, 1.165) is 45.8 Å². The Kier molecular flexibility index (Phi) is 4.68. The number of benzene rings is 2. The Hall–Kier alpha value is -3.51. The van der Waals surface area contributed by atoms with Gasteiger partial charge in [-0.1, -0.05) is 43.3 Å². The zero-order valence-corrected chi connectivity index (χ0v) is 22.5. The summed E-state index contributed by atoms with van der Waals surface area (Å²) in [6.45, 7) is 11.5. The average Bonchev–Trinajstić information content (AvgIpc) is 3.58. The number of aromatic amines is 1. The van der Waals surface area contributed by atoms with Gasteiger partial charge < -0.3 is 4.98 Å². The van der Waals surface area contributed by atoms with Crippen molar-refractivity contribution >= 4 is 5.57 Å². The summed E-state index contributed by atoms with van der Waals surface area (Å²) >= 11 is 0. The van der Waals surface area contributed by atoms with Gasteiger partial charge in [0.1, 0.15) is 5.82 Å². The van der Waals surface area contributed by atoms with E-state index >= 15 is 4.39 Å². The first-order chi connectivity index (χ1) is 18.1. The van der Waals surface area contributed by atoms with Crippen molar-refractivity contribution in [3.05, 3.63) is 112 Å². The van der Waals surface area contributed by atoms with Gasteiger partial charge in [-0.15, -0.1) is 0 Å². The fraction of sp³-hybridized carbons (Fsp3) is 0.344. The molecule has 0 radical (unpaired) electrons. The normalized spacial score (nSPS) is 24.8. The smallest absolute Gasteiger partial charge is 0.166 e. The summed E-state index contributed by atoms with van der Waals surface area (Å²) in [4.78, 5) is 5.51. The van der Waals surface area contributed by atoms with Gasteiger partial charge >= 0.3 is 0 Å². The van der Waals surface area contributed by atoms with Crippen LogP contribution < -0.4 is 0 Å². The van der Waals surface area contributed by atoms with Gasteiger partial charge in [0.2, 0.25) is 0 Å². The molecule has 194 valence electrons. The summed E-state index contributed by atoms with van der Waals surface area (Å²) in [5, 5.41) is 5.33. The molecule has 0 fully saturated rings. The first kappa shape index (κ1) is 23.6. The van der Waals surface area contributed by atoms with Crippen molar-refractivity contribution < 1.29 is 8.78 Å². The monoisotopic (exact) mass is 510 g/mol. The molecule has 2 atom stereocenters. The molecule has 0 amide bonds. The van der Waals surface area contributed by atoms with Gasteiger partial charge in [-0.3, -0.25) is 4.90 Å². The molecule has 7 rings (SSSR count). The number of fused-ring (bicyclic) bond motifs is 10. The second-order valence-electron chi connectivity index (χ2n) is 11.8. The highest BCUT2D eigenvalue weighted by Crippen LogP contribution is 2.59. The van der Waals surface area contributed by atoms with E-state index in [-0.39, 0.29) is 5.82 Å². The van der Waals surface area contributed by atoms with Crippen LogP contribution in [0.3, 0.4) is 0 Å². The Morgan fingerprint density at radius 3 is 2.53 bits per heavy atom. The van der Waals surface area contributed by atoms with Gasteiger partial charge in [0.05, 0.1) is 33.7 Å². The maximum Gasteiger partial charge on any atom is 0.166 e. The molecule has 2 unspecified atom stereocenters. The quantitative estimate of drug-likeness (QED) is 0.321. The van der Waals surface area contributed by atoms with Crippen molar-refractivity contribution in [2.45, 2.75) is 70.8 Å². The number of H-pyrrole nitrogens is 1. The Bertz CT molecular complexity index is 1650. The van der Waals surface area contributed by atoms with Crippen molar-refractivity contribution in [2.75, 3.05) is 0 Å². The average molecular weight is 511 g/mol.